The average molecular weight is 297 g/mol. The Balaban J connectivity index is 2.00. The molecule has 112 valence electrons. The normalized spacial score (nSPS) is 10.8. The largest absolute Gasteiger partial charge is 0.489 e. The molecule has 0 bridgehead atoms. The van der Waals surface area contributed by atoms with Gasteiger partial charge in [0, 0.05) is 12.4 Å². The molecule has 0 aliphatic carbocycles. The summed E-state index contributed by atoms with van der Waals surface area (Å²) in [5.41, 5.74) is 8.31. The zero-order valence-corrected chi connectivity index (χ0v) is 11.7. The summed E-state index contributed by atoms with van der Waals surface area (Å²) in [5, 5.41) is 23.9. The van der Waals surface area contributed by atoms with Crippen molar-refractivity contribution in [3.8, 4) is 11.8 Å². The molecule has 0 spiro atoms. The van der Waals surface area contributed by atoms with Crippen LogP contribution in [0, 0.1) is 16.7 Å². The zero-order valence-electron chi connectivity index (χ0n) is 11.7. The Bertz CT molecular complexity index is 700. The van der Waals surface area contributed by atoms with Gasteiger partial charge in [0.1, 0.15) is 18.4 Å². The van der Waals surface area contributed by atoms with E-state index in [9.17, 15) is 0 Å². The van der Waals surface area contributed by atoms with Crippen LogP contribution in [0.5, 0.6) is 5.75 Å². The van der Waals surface area contributed by atoms with Gasteiger partial charge in [-0.3, -0.25) is 15.5 Å². The van der Waals surface area contributed by atoms with Crippen molar-refractivity contribution in [3.05, 3.63) is 42.7 Å². The van der Waals surface area contributed by atoms with E-state index in [4.69, 9.17) is 21.1 Å². The Hall–Kier alpha value is -3.34. The van der Waals surface area contributed by atoms with Gasteiger partial charge in [0.15, 0.2) is 5.84 Å². The van der Waals surface area contributed by atoms with Crippen LogP contribution in [0.1, 0.15) is 0 Å². The highest BCUT2D eigenvalue weighted by Crippen LogP contribution is 2.23. The molecule has 0 aliphatic rings. The number of anilines is 1. The monoisotopic (exact) mass is 297 g/mol. The summed E-state index contributed by atoms with van der Waals surface area (Å²) in [6.45, 7) is 1.05. The fourth-order valence-corrected chi connectivity index (χ4v) is 1.63. The molecule has 0 radical (unpaired) electrons. The van der Waals surface area contributed by atoms with Crippen LogP contribution in [0.15, 0.2) is 47.8 Å². The first-order chi connectivity index (χ1) is 10.7. The summed E-state index contributed by atoms with van der Waals surface area (Å²) < 4.78 is 7.44. The molecule has 8 heteroatoms. The summed E-state index contributed by atoms with van der Waals surface area (Å²) in [6.07, 6.45) is 3.55. The van der Waals surface area contributed by atoms with Gasteiger partial charge in [-0.05, 0) is 18.2 Å². The number of aromatic nitrogens is 2. The lowest BCUT2D eigenvalue weighted by Crippen LogP contribution is -2.22. The van der Waals surface area contributed by atoms with Crippen LogP contribution in [-0.4, -0.2) is 27.9 Å². The first kappa shape index (κ1) is 15.1. The molecular formula is C14H15N7O. The minimum atomic E-state index is -0.396. The summed E-state index contributed by atoms with van der Waals surface area (Å²) >= 11 is 0. The number of nitriles is 1. The van der Waals surface area contributed by atoms with E-state index in [0.29, 0.717) is 24.6 Å². The third kappa shape index (κ3) is 4.08. The van der Waals surface area contributed by atoms with Crippen LogP contribution >= 0.6 is 0 Å². The predicted molar refractivity (Wildman–Crippen MR) is 82.7 cm³/mol. The highest BCUT2D eigenvalue weighted by Gasteiger charge is 2.05. The predicted octanol–water partition coefficient (Wildman–Crippen LogP) is 1.19. The smallest absolute Gasteiger partial charge is 0.201 e. The lowest BCUT2D eigenvalue weighted by Gasteiger charge is -2.11. The highest BCUT2D eigenvalue weighted by atomic mass is 16.5. The van der Waals surface area contributed by atoms with E-state index in [-0.39, 0.29) is 5.71 Å². The Morgan fingerprint density at radius 1 is 1.45 bits per heavy atom. The molecule has 0 amide bonds. The second-order valence-electron chi connectivity index (χ2n) is 4.21. The summed E-state index contributed by atoms with van der Waals surface area (Å²) in [6, 6.07) is 10.7. The first-order valence-corrected chi connectivity index (χ1v) is 6.48. The maximum absolute atomic E-state index is 8.81. The van der Waals surface area contributed by atoms with Crippen molar-refractivity contribution >= 4 is 17.2 Å². The number of benzene rings is 1. The van der Waals surface area contributed by atoms with Crippen LogP contribution in [0.25, 0.3) is 0 Å². The lowest BCUT2D eigenvalue weighted by atomic mass is 10.3. The number of ether oxygens (including phenoxy) is 1. The number of hydrogen-bond acceptors (Lipinski definition) is 6. The Kier molecular flexibility index (Phi) is 5.09. The van der Waals surface area contributed by atoms with E-state index in [2.05, 4.69) is 15.6 Å². The van der Waals surface area contributed by atoms with Gasteiger partial charge >= 0.3 is 0 Å². The molecule has 1 aromatic carbocycles. The Morgan fingerprint density at radius 2 is 2.27 bits per heavy atom. The maximum atomic E-state index is 8.81. The zero-order chi connectivity index (χ0) is 15.8. The molecule has 0 fully saturated rings. The van der Waals surface area contributed by atoms with Crippen LogP contribution in [0.2, 0.25) is 0 Å². The number of hydrogen-bond donors (Lipinski definition) is 3. The van der Waals surface area contributed by atoms with Gasteiger partial charge in [0.05, 0.1) is 12.2 Å². The second-order valence-corrected chi connectivity index (χ2v) is 4.21. The molecule has 2 rings (SSSR count). The number of rotatable bonds is 7. The van der Waals surface area contributed by atoms with Crippen LogP contribution in [-0.2, 0) is 6.54 Å². The summed E-state index contributed by atoms with van der Waals surface area (Å²) in [7, 11) is 0. The van der Waals surface area contributed by atoms with Crippen LogP contribution < -0.4 is 15.9 Å². The van der Waals surface area contributed by atoms with Crippen molar-refractivity contribution in [1.82, 2.24) is 9.78 Å². The molecule has 0 saturated carbocycles. The van der Waals surface area contributed by atoms with E-state index in [0.717, 1.165) is 0 Å². The van der Waals surface area contributed by atoms with Gasteiger partial charge in [-0.1, -0.05) is 12.1 Å². The number of para-hydroxylation sites is 2. The molecule has 0 saturated heterocycles. The Labute approximate surface area is 127 Å². The molecule has 8 nitrogen and oxygen atoms in total. The van der Waals surface area contributed by atoms with E-state index in [1.807, 2.05) is 18.3 Å². The van der Waals surface area contributed by atoms with E-state index in [1.165, 1.54) is 0 Å². The molecule has 0 unspecified atom stereocenters. The van der Waals surface area contributed by atoms with Gasteiger partial charge in [0.25, 0.3) is 0 Å². The standard InChI is InChI=1S/C14H15N7O/c15-10-12(14(16)17)20-19-11-4-1-2-5-13(11)22-9-8-21-7-3-6-18-21/h1-7,19H,8-9H2,(H3,16,17)/b20-12+. The van der Waals surface area contributed by atoms with Crippen LogP contribution in [0.3, 0.4) is 0 Å². The SMILES string of the molecule is N#C/C(=N\Nc1ccccc1OCCn1cccn1)C(=N)N. The molecule has 2 aromatic rings. The molecule has 4 N–H and O–H groups in total. The van der Waals surface area contributed by atoms with Crippen molar-refractivity contribution in [1.29, 1.82) is 10.7 Å². The number of nitrogens with zero attached hydrogens (tertiary/aromatic N) is 4. The van der Waals surface area contributed by atoms with Gasteiger partial charge in [0.2, 0.25) is 5.71 Å². The summed E-state index contributed by atoms with van der Waals surface area (Å²) in [4.78, 5) is 0. The number of hydrazone groups is 1. The van der Waals surface area contributed by atoms with Gasteiger partial charge < -0.3 is 10.5 Å². The molecule has 1 heterocycles. The number of nitrogens with one attached hydrogen (secondary N) is 2. The molecule has 0 aliphatic heterocycles. The summed E-state index contributed by atoms with van der Waals surface area (Å²) in [5.74, 6) is 0.186. The number of amidine groups is 1. The van der Waals surface area contributed by atoms with Gasteiger partial charge in [-0.25, -0.2) is 0 Å². The van der Waals surface area contributed by atoms with Gasteiger partial charge in [-0.2, -0.15) is 15.5 Å². The van der Waals surface area contributed by atoms with Crippen molar-refractivity contribution in [2.75, 3.05) is 12.0 Å². The fourth-order valence-electron chi connectivity index (χ4n) is 1.63. The molecule has 0 atom stereocenters. The average Bonchev–Trinajstić information content (AvgIpc) is 3.02. The van der Waals surface area contributed by atoms with E-state index in [1.54, 1.807) is 35.1 Å². The third-order valence-corrected chi connectivity index (χ3v) is 2.67. The Morgan fingerprint density at radius 3 is 2.95 bits per heavy atom. The number of nitrogens with two attached hydrogens (primary N) is 1. The van der Waals surface area contributed by atoms with Crippen molar-refractivity contribution in [2.24, 2.45) is 10.8 Å². The van der Waals surface area contributed by atoms with Crippen LogP contribution in [0.4, 0.5) is 5.69 Å². The topological polar surface area (TPSA) is 125 Å². The van der Waals surface area contributed by atoms with Crippen molar-refractivity contribution in [2.45, 2.75) is 6.54 Å². The molecule has 22 heavy (non-hydrogen) atoms. The third-order valence-electron chi connectivity index (χ3n) is 2.67. The minimum Gasteiger partial charge on any atom is -0.489 e. The fraction of sp³-hybridized carbons (Fsp3) is 0.143. The molecule has 1 aromatic heterocycles. The quantitative estimate of drug-likeness (QED) is 0.402. The maximum Gasteiger partial charge on any atom is 0.201 e. The second kappa shape index (κ2) is 7.44. The van der Waals surface area contributed by atoms with E-state index < -0.39 is 5.84 Å². The first-order valence-electron chi connectivity index (χ1n) is 6.48. The minimum absolute atomic E-state index is 0.189. The molecular weight excluding hydrogens is 282 g/mol. The highest BCUT2D eigenvalue weighted by molar-refractivity contribution is 6.45. The van der Waals surface area contributed by atoms with Crippen molar-refractivity contribution < 1.29 is 4.74 Å². The van der Waals surface area contributed by atoms with E-state index >= 15 is 0 Å². The van der Waals surface area contributed by atoms with Crippen molar-refractivity contribution in [3.63, 3.8) is 0 Å². The lowest BCUT2D eigenvalue weighted by molar-refractivity contribution is 0.292. The van der Waals surface area contributed by atoms with Gasteiger partial charge in [-0.15, -0.1) is 0 Å².